The van der Waals surface area contributed by atoms with E-state index in [0.29, 0.717) is 0 Å². The summed E-state index contributed by atoms with van der Waals surface area (Å²) in [4.78, 5) is 3.58. The zero-order valence-corrected chi connectivity index (χ0v) is 16.7. The molecule has 0 saturated heterocycles. The Balaban J connectivity index is 1.73. The Morgan fingerprint density at radius 1 is 0.862 bits per heavy atom. The fourth-order valence-electron chi connectivity index (χ4n) is 3.96. The molecule has 1 N–H and O–H groups in total. The van der Waals surface area contributed by atoms with E-state index >= 15 is 0 Å². The maximum Gasteiger partial charge on any atom is 0.264 e. The van der Waals surface area contributed by atoms with Crippen LogP contribution in [0.25, 0.3) is 17.0 Å². The van der Waals surface area contributed by atoms with Crippen molar-refractivity contribution >= 4 is 27.0 Å². The van der Waals surface area contributed by atoms with Crippen molar-refractivity contribution in [2.75, 3.05) is 0 Å². The van der Waals surface area contributed by atoms with Gasteiger partial charge < -0.3 is 4.98 Å². The third kappa shape index (κ3) is 2.86. The molecule has 5 heteroatoms. The third-order valence-corrected chi connectivity index (χ3v) is 7.21. The van der Waals surface area contributed by atoms with Gasteiger partial charge in [0.2, 0.25) is 0 Å². The van der Waals surface area contributed by atoms with Crippen LogP contribution in [0.1, 0.15) is 28.3 Å². The van der Waals surface area contributed by atoms with Crippen molar-refractivity contribution in [3.63, 3.8) is 0 Å². The molecule has 29 heavy (non-hydrogen) atoms. The summed E-state index contributed by atoms with van der Waals surface area (Å²) >= 11 is 0. The molecule has 1 unspecified atom stereocenters. The number of fused-ring (bicyclic) bond motifs is 2. The number of H-pyrrole nitrogens is 1. The van der Waals surface area contributed by atoms with Crippen LogP contribution in [0.15, 0.2) is 90.1 Å². The average molecular weight is 401 g/mol. The molecule has 4 nitrogen and oxygen atoms in total. The van der Waals surface area contributed by atoms with Crippen LogP contribution in [-0.4, -0.2) is 17.7 Å². The molecule has 0 spiro atoms. The van der Waals surface area contributed by atoms with Gasteiger partial charge >= 0.3 is 0 Å². The summed E-state index contributed by atoms with van der Waals surface area (Å²) in [7, 11) is -3.73. The fraction of sp³-hybridized carbons (Fsp3) is 0.0833. The number of hydrogen-bond donors (Lipinski definition) is 1. The van der Waals surface area contributed by atoms with Crippen LogP contribution in [-0.2, 0) is 10.0 Å². The van der Waals surface area contributed by atoms with Crippen molar-refractivity contribution in [3.05, 3.63) is 107 Å². The molecule has 1 aliphatic heterocycles. The van der Waals surface area contributed by atoms with Gasteiger partial charge in [-0.25, -0.2) is 8.42 Å². The molecule has 1 aromatic heterocycles. The van der Waals surface area contributed by atoms with Crippen molar-refractivity contribution in [3.8, 4) is 0 Å². The van der Waals surface area contributed by atoms with Gasteiger partial charge in [-0.2, -0.15) is 0 Å². The van der Waals surface area contributed by atoms with Gasteiger partial charge in [-0.1, -0.05) is 60.2 Å². The SMILES string of the molecule is Cc1ccc(S(=O)(=O)N2C=Cc3ccccc3C2c2c[nH]c3ccccc23)cc1. The minimum atomic E-state index is -3.73. The summed E-state index contributed by atoms with van der Waals surface area (Å²) < 4.78 is 28.7. The molecule has 0 saturated carbocycles. The maximum absolute atomic E-state index is 13.6. The van der Waals surface area contributed by atoms with Crippen LogP contribution in [0.3, 0.4) is 0 Å². The molecule has 2 heterocycles. The van der Waals surface area contributed by atoms with Crippen molar-refractivity contribution in [1.82, 2.24) is 9.29 Å². The average Bonchev–Trinajstić information content (AvgIpc) is 3.17. The van der Waals surface area contributed by atoms with Crippen molar-refractivity contribution in [2.45, 2.75) is 17.9 Å². The molecule has 4 aromatic rings. The number of rotatable bonds is 3. The largest absolute Gasteiger partial charge is 0.361 e. The first-order chi connectivity index (χ1) is 14.1. The van der Waals surface area contributed by atoms with E-state index in [1.54, 1.807) is 18.3 Å². The number of benzene rings is 3. The number of hydrogen-bond acceptors (Lipinski definition) is 2. The quantitative estimate of drug-likeness (QED) is 0.511. The van der Waals surface area contributed by atoms with Crippen molar-refractivity contribution < 1.29 is 8.42 Å². The fourth-order valence-corrected chi connectivity index (χ4v) is 5.41. The standard InChI is InChI=1S/C24H20N2O2S/c1-17-10-12-19(13-11-17)29(27,28)26-15-14-18-6-2-3-7-20(18)24(26)22-16-25-23-9-5-4-8-21(22)23/h2-16,24-25H,1H3. The topological polar surface area (TPSA) is 53.2 Å². The molecule has 5 rings (SSSR count). The van der Waals surface area contributed by atoms with Crippen molar-refractivity contribution in [2.24, 2.45) is 0 Å². The van der Waals surface area contributed by atoms with E-state index in [-0.39, 0.29) is 4.90 Å². The molecule has 3 aromatic carbocycles. The predicted octanol–water partition coefficient (Wildman–Crippen LogP) is 5.24. The first kappa shape index (κ1) is 17.8. The Morgan fingerprint density at radius 3 is 2.41 bits per heavy atom. The molecule has 1 atom stereocenters. The van der Waals surface area contributed by atoms with Crippen LogP contribution in [0.5, 0.6) is 0 Å². The first-order valence-corrected chi connectivity index (χ1v) is 10.9. The second-order valence-corrected chi connectivity index (χ2v) is 9.13. The molecular formula is C24H20N2O2S. The monoisotopic (exact) mass is 400 g/mol. The van der Waals surface area contributed by atoms with Crippen LogP contribution >= 0.6 is 0 Å². The Bertz CT molecular complexity index is 1330. The number of aromatic nitrogens is 1. The zero-order chi connectivity index (χ0) is 20.0. The second kappa shape index (κ2) is 6.64. The van der Waals surface area contributed by atoms with E-state index in [4.69, 9.17) is 0 Å². The molecule has 0 fully saturated rings. The van der Waals surface area contributed by atoms with Gasteiger partial charge in [0.25, 0.3) is 10.0 Å². The predicted molar refractivity (Wildman–Crippen MR) is 116 cm³/mol. The van der Waals surface area contributed by atoms with Gasteiger partial charge in [-0.15, -0.1) is 0 Å². The summed E-state index contributed by atoms with van der Waals surface area (Å²) in [6.45, 7) is 1.95. The van der Waals surface area contributed by atoms with E-state index in [1.807, 2.05) is 79.9 Å². The molecule has 1 aliphatic rings. The minimum absolute atomic E-state index is 0.289. The van der Waals surface area contributed by atoms with E-state index in [1.165, 1.54) is 4.31 Å². The molecule has 0 radical (unpaired) electrons. The van der Waals surface area contributed by atoms with Gasteiger partial charge in [0.15, 0.2) is 0 Å². The summed E-state index contributed by atoms with van der Waals surface area (Å²) in [5, 5.41) is 1.02. The number of aromatic amines is 1. The lowest BCUT2D eigenvalue weighted by Crippen LogP contribution is -2.33. The highest BCUT2D eigenvalue weighted by Crippen LogP contribution is 2.41. The van der Waals surface area contributed by atoms with Gasteiger partial charge in [-0.05, 0) is 42.3 Å². The van der Waals surface area contributed by atoms with Crippen LogP contribution < -0.4 is 0 Å². The lowest BCUT2D eigenvalue weighted by molar-refractivity contribution is 0.448. The van der Waals surface area contributed by atoms with Gasteiger partial charge in [0, 0.05) is 28.9 Å². The Kier molecular flexibility index (Phi) is 4.07. The lowest BCUT2D eigenvalue weighted by atomic mass is 9.92. The van der Waals surface area contributed by atoms with Crippen LogP contribution in [0.2, 0.25) is 0 Å². The van der Waals surface area contributed by atoms with E-state index in [2.05, 4.69) is 4.98 Å². The van der Waals surface area contributed by atoms with Gasteiger partial charge in [0.05, 0.1) is 10.9 Å². The summed E-state index contributed by atoms with van der Waals surface area (Å²) in [5.74, 6) is 0. The second-order valence-electron chi connectivity index (χ2n) is 7.28. The highest BCUT2D eigenvalue weighted by atomic mass is 32.2. The van der Waals surface area contributed by atoms with E-state index in [9.17, 15) is 8.42 Å². The molecule has 0 bridgehead atoms. The highest BCUT2D eigenvalue weighted by Gasteiger charge is 2.35. The Labute approximate surface area is 170 Å². The van der Waals surface area contributed by atoms with Crippen LogP contribution in [0.4, 0.5) is 0 Å². The lowest BCUT2D eigenvalue weighted by Gasteiger charge is -2.34. The van der Waals surface area contributed by atoms with E-state index < -0.39 is 16.1 Å². The normalized spacial score (nSPS) is 16.2. The summed E-state index contributed by atoms with van der Waals surface area (Å²) in [6, 6.07) is 22.5. The van der Waals surface area contributed by atoms with Gasteiger partial charge in [0.1, 0.15) is 0 Å². The number of aryl methyl sites for hydroxylation is 1. The molecular weight excluding hydrogens is 380 g/mol. The molecule has 0 aliphatic carbocycles. The summed E-state index contributed by atoms with van der Waals surface area (Å²) in [5.41, 5.74) is 4.94. The number of para-hydroxylation sites is 1. The Morgan fingerprint density at radius 2 is 1.59 bits per heavy atom. The highest BCUT2D eigenvalue weighted by molar-refractivity contribution is 7.89. The number of sulfonamides is 1. The van der Waals surface area contributed by atoms with Crippen molar-refractivity contribution in [1.29, 1.82) is 0 Å². The number of nitrogens with one attached hydrogen (secondary N) is 1. The minimum Gasteiger partial charge on any atom is -0.361 e. The van der Waals surface area contributed by atoms with E-state index in [0.717, 1.165) is 33.2 Å². The summed E-state index contributed by atoms with van der Waals surface area (Å²) in [6.07, 6.45) is 5.47. The number of nitrogens with zero attached hydrogens (tertiary/aromatic N) is 1. The smallest absolute Gasteiger partial charge is 0.264 e. The Hall–Kier alpha value is -3.31. The first-order valence-electron chi connectivity index (χ1n) is 9.49. The molecule has 0 amide bonds. The van der Waals surface area contributed by atoms with Gasteiger partial charge in [-0.3, -0.25) is 4.31 Å². The zero-order valence-electron chi connectivity index (χ0n) is 15.9. The third-order valence-electron chi connectivity index (χ3n) is 5.46. The maximum atomic E-state index is 13.6. The molecule has 144 valence electrons. The van der Waals surface area contributed by atoms with Crippen LogP contribution in [0, 0.1) is 6.92 Å².